The van der Waals surface area contributed by atoms with E-state index in [1.807, 2.05) is 36.7 Å². The lowest BCUT2D eigenvalue weighted by molar-refractivity contribution is -0.137. The molecule has 0 radical (unpaired) electrons. The van der Waals surface area contributed by atoms with Crippen LogP contribution in [0.4, 0.5) is 0 Å². The van der Waals surface area contributed by atoms with Crippen LogP contribution in [0.1, 0.15) is 41.5 Å². The number of nitrogens with zero attached hydrogens (tertiary/aromatic N) is 3. The van der Waals surface area contributed by atoms with Crippen molar-refractivity contribution in [1.82, 2.24) is 15.0 Å². The highest BCUT2D eigenvalue weighted by atomic mass is 35.5. The molecule has 2 aromatic carbocycles. The normalized spacial score (nSPS) is 12.5. The second-order valence-electron chi connectivity index (χ2n) is 6.21. The molecule has 26 heavy (non-hydrogen) atoms. The molecule has 3 rings (SSSR count). The predicted molar refractivity (Wildman–Crippen MR) is 99.4 cm³/mol. The van der Waals surface area contributed by atoms with Gasteiger partial charge in [0.05, 0.1) is 18.5 Å². The third-order valence-corrected chi connectivity index (χ3v) is 5.05. The molecule has 0 bridgehead atoms. The molecule has 7 heteroatoms. The number of aliphatic hydroxyl groups excluding tert-OH is 1. The monoisotopic (exact) mass is 373 g/mol. The van der Waals surface area contributed by atoms with Gasteiger partial charge >= 0.3 is 5.97 Å². The van der Waals surface area contributed by atoms with Gasteiger partial charge in [-0.05, 0) is 48.2 Å². The summed E-state index contributed by atoms with van der Waals surface area (Å²) in [6, 6.07) is 9.13. The van der Waals surface area contributed by atoms with Crippen molar-refractivity contribution in [2.45, 2.75) is 39.3 Å². The molecule has 0 aliphatic heterocycles. The number of carboxylic acid groups (broad SMARTS) is 1. The van der Waals surface area contributed by atoms with Crippen LogP contribution in [0, 0.1) is 6.92 Å². The molecule has 0 saturated heterocycles. The highest BCUT2D eigenvalue weighted by Crippen LogP contribution is 2.34. The summed E-state index contributed by atoms with van der Waals surface area (Å²) in [5.74, 6) is -1.27. The van der Waals surface area contributed by atoms with E-state index in [1.54, 1.807) is 12.1 Å². The summed E-state index contributed by atoms with van der Waals surface area (Å²) >= 11 is 6.08. The summed E-state index contributed by atoms with van der Waals surface area (Å²) in [6.07, 6.45) is -0.0687. The molecule has 3 aromatic rings. The van der Waals surface area contributed by atoms with Crippen molar-refractivity contribution in [3.63, 3.8) is 0 Å². The summed E-state index contributed by atoms with van der Waals surface area (Å²) in [5, 5.41) is 27.8. The quantitative estimate of drug-likeness (QED) is 0.690. The van der Waals surface area contributed by atoms with Crippen molar-refractivity contribution in [3.05, 3.63) is 57.6 Å². The van der Waals surface area contributed by atoms with Gasteiger partial charge < -0.3 is 10.2 Å². The molecule has 0 spiro atoms. The van der Waals surface area contributed by atoms with Gasteiger partial charge in [0.25, 0.3) is 0 Å². The van der Waals surface area contributed by atoms with Crippen LogP contribution in [0.5, 0.6) is 0 Å². The first-order valence-electron chi connectivity index (χ1n) is 8.39. The number of fused-ring (bicyclic) bond motifs is 1. The smallest absolute Gasteiger partial charge is 0.304 e. The van der Waals surface area contributed by atoms with Gasteiger partial charge in [-0.2, -0.15) is 0 Å². The Labute approximate surface area is 156 Å². The maximum absolute atomic E-state index is 11.5. The third-order valence-electron chi connectivity index (χ3n) is 4.68. The largest absolute Gasteiger partial charge is 0.481 e. The van der Waals surface area contributed by atoms with Gasteiger partial charge in [0.2, 0.25) is 0 Å². The Balaban J connectivity index is 2.15. The Morgan fingerprint density at radius 2 is 2.08 bits per heavy atom. The highest BCUT2D eigenvalue weighted by Gasteiger charge is 2.22. The number of benzene rings is 2. The van der Waals surface area contributed by atoms with E-state index >= 15 is 0 Å². The van der Waals surface area contributed by atoms with Crippen LogP contribution < -0.4 is 0 Å². The van der Waals surface area contributed by atoms with E-state index in [9.17, 15) is 15.0 Å². The van der Waals surface area contributed by atoms with Crippen molar-refractivity contribution in [2.24, 2.45) is 0 Å². The van der Waals surface area contributed by atoms with Crippen LogP contribution in [0.3, 0.4) is 0 Å². The zero-order valence-corrected chi connectivity index (χ0v) is 15.4. The topological polar surface area (TPSA) is 88.2 Å². The Bertz CT molecular complexity index is 968. The Kier molecular flexibility index (Phi) is 5.25. The maximum Gasteiger partial charge on any atom is 0.304 e. The molecule has 1 atom stereocenters. The summed E-state index contributed by atoms with van der Waals surface area (Å²) in [7, 11) is 0. The fourth-order valence-corrected chi connectivity index (χ4v) is 3.49. The van der Waals surface area contributed by atoms with Gasteiger partial charge in [-0.1, -0.05) is 35.0 Å². The number of aromatic nitrogens is 3. The number of aliphatic hydroxyl groups is 1. The number of carboxylic acids is 1. The van der Waals surface area contributed by atoms with E-state index in [0.717, 1.165) is 27.7 Å². The first-order valence-corrected chi connectivity index (χ1v) is 8.77. The minimum absolute atomic E-state index is 0.0687. The Morgan fingerprint density at radius 3 is 2.73 bits per heavy atom. The fraction of sp³-hybridized carbons (Fsp3) is 0.316. The lowest BCUT2D eigenvalue weighted by Gasteiger charge is -2.19. The van der Waals surface area contributed by atoms with Crippen LogP contribution in [-0.4, -0.2) is 31.2 Å². The van der Waals surface area contributed by atoms with Gasteiger partial charge in [-0.15, -0.1) is 5.10 Å². The first-order chi connectivity index (χ1) is 12.5. The Hall–Kier alpha value is -2.44. The van der Waals surface area contributed by atoms with E-state index < -0.39 is 5.97 Å². The van der Waals surface area contributed by atoms with Crippen LogP contribution in [0.2, 0.25) is 5.02 Å². The van der Waals surface area contributed by atoms with E-state index in [2.05, 4.69) is 10.3 Å². The molecule has 0 aliphatic rings. The maximum atomic E-state index is 11.5. The van der Waals surface area contributed by atoms with Gasteiger partial charge in [0.15, 0.2) is 0 Å². The average molecular weight is 374 g/mol. The van der Waals surface area contributed by atoms with Crippen molar-refractivity contribution in [2.75, 3.05) is 0 Å². The van der Waals surface area contributed by atoms with Crippen molar-refractivity contribution >= 4 is 28.6 Å². The minimum Gasteiger partial charge on any atom is -0.481 e. The number of halogens is 1. The molecular weight excluding hydrogens is 354 g/mol. The van der Waals surface area contributed by atoms with Crippen LogP contribution in [0.15, 0.2) is 30.3 Å². The third kappa shape index (κ3) is 3.30. The first kappa shape index (κ1) is 18.4. The minimum atomic E-state index is -0.896. The lowest BCUT2D eigenvalue weighted by Crippen LogP contribution is -2.10. The summed E-state index contributed by atoms with van der Waals surface area (Å²) in [4.78, 5) is 11.5. The van der Waals surface area contributed by atoms with E-state index in [1.165, 1.54) is 0 Å². The van der Waals surface area contributed by atoms with Crippen molar-refractivity contribution < 1.29 is 15.0 Å². The zero-order valence-electron chi connectivity index (χ0n) is 14.6. The van der Waals surface area contributed by atoms with E-state index in [4.69, 9.17) is 11.6 Å². The number of rotatable bonds is 6. The summed E-state index contributed by atoms with van der Waals surface area (Å²) < 4.78 is 1.81. The van der Waals surface area contributed by atoms with Gasteiger partial charge in [0.1, 0.15) is 5.52 Å². The van der Waals surface area contributed by atoms with E-state index in [-0.39, 0.29) is 18.9 Å². The molecular formula is C19H20ClN3O3. The molecule has 0 saturated carbocycles. The predicted octanol–water partition coefficient (Wildman–Crippen LogP) is 3.51. The van der Waals surface area contributed by atoms with E-state index in [0.29, 0.717) is 17.1 Å². The number of aliphatic carboxylic acids is 1. The van der Waals surface area contributed by atoms with Crippen molar-refractivity contribution in [3.8, 4) is 0 Å². The number of hydrogen-bond donors (Lipinski definition) is 2. The molecule has 0 unspecified atom stereocenters. The van der Waals surface area contributed by atoms with Gasteiger partial charge in [-0.3, -0.25) is 4.79 Å². The van der Waals surface area contributed by atoms with Crippen LogP contribution in [0.25, 0.3) is 11.0 Å². The average Bonchev–Trinajstić information content (AvgIpc) is 3.05. The molecule has 0 aliphatic carbocycles. The molecule has 6 nitrogen and oxygen atoms in total. The molecule has 136 valence electrons. The van der Waals surface area contributed by atoms with Gasteiger partial charge in [-0.25, -0.2) is 4.68 Å². The molecule has 1 heterocycles. The molecule has 0 amide bonds. The van der Waals surface area contributed by atoms with Crippen molar-refractivity contribution in [1.29, 1.82) is 0 Å². The number of carbonyl (C=O) groups is 1. The molecule has 1 aromatic heterocycles. The second kappa shape index (κ2) is 7.43. The number of aryl methyl sites for hydroxylation is 2. The highest BCUT2D eigenvalue weighted by molar-refractivity contribution is 6.31. The summed E-state index contributed by atoms with van der Waals surface area (Å²) in [6.45, 7) is 4.44. The molecule has 0 fully saturated rings. The second-order valence-corrected chi connectivity index (χ2v) is 6.62. The lowest BCUT2D eigenvalue weighted by atomic mass is 9.85. The zero-order chi connectivity index (χ0) is 18.8. The number of hydrogen-bond acceptors (Lipinski definition) is 4. The molecule has 2 N–H and O–H groups in total. The standard InChI is InChI=1S/C19H20ClN3O3/c1-3-23-17-7-5-14(11(2)19(17)21-22-23)15(9-18(25)26)12-4-6-16(20)13(8-12)10-24/h4-8,15,24H,3,9-10H2,1-2H3,(H,25,26)/t15-/m0/s1. The Morgan fingerprint density at radius 1 is 1.31 bits per heavy atom. The van der Waals surface area contributed by atoms with Gasteiger partial charge in [0, 0.05) is 17.5 Å². The van der Waals surface area contributed by atoms with Crippen LogP contribution in [-0.2, 0) is 17.9 Å². The fourth-order valence-electron chi connectivity index (χ4n) is 3.31. The SMILES string of the molecule is CCn1nnc2c(C)c([C@@H](CC(=O)O)c3ccc(Cl)c(CO)c3)ccc21. The van der Waals surface area contributed by atoms with Crippen LogP contribution >= 0.6 is 11.6 Å². The summed E-state index contributed by atoms with van der Waals surface area (Å²) in [5.41, 5.74) is 4.87.